The van der Waals surface area contributed by atoms with Gasteiger partial charge in [0.05, 0.1) is 19.3 Å². The van der Waals surface area contributed by atoms with Gasteiger partial charge >= 0.3 is 0 Å². The van der Waals surface area contributed by atoms with Crippen molar-refractivity contribution in [2.75, 3.05) is 7.11 Å². The molecular weight excluding hydrogens is 310 g/mol. The van der Waals surface area contributed by atoms with E-state index >= 15 is 0 Å². The van der Waals surface area contributed by atoms with Crippen molar-refractivity contribution in [2.45, 2.75) is 18.7 Å². The molecular formula is C22H23NO2. The molecule has 0 unspecified atom stereocenters. The average Bonchev–Trinajstić information content (AvgIpc) is 2.70. The van der Waals surface area contributed by atoms with Crippen LogP contribution in [0.25, 0.3) is 0 Å². The van der Waals surface area contributed by atoms with Gasteiger partial charge in [-0.1, -0.05) is 72.8 Å². The van der Waals surface area contributed by atoms with Crippen LogP contribution in [0.4, 0.5) is 0 Å². The van der Waals surface area contributed by atoms with Gasteiger partial charge in [0, 0.05) is 6.54 Å². The molecule has 25 heavy (non-hydrogen) atoms. The molecule has 0 saturated carbocycles. The number of nitrogens with one attached hydrogen (secondary N) is 1. The fourth-order valence-electron chi connectivity index (χ4n) is 2.89. The smallest absolute Gasteiger partial charge is 0.118 e. The number of aliphatic hydroxyl groups excluding tert-OH is 1. The summed E-state index contributed by atoms with van der Waals surface area (Å²) in [5.74, 6) is 0.840. The van der Waals surface area contributed by atoms with Gasteiger partial charge in [-0.25, -0.2) is 0 Å². The largest absolute Gasteiger partial charge is 0.497 e. The van der Waals surface area contributed by atoms with Crippen LogP contribution in [0.2, 0.25) is 0 Å². The number of benzene rings is 3. The molecule has 3 aromatic rings. The van der Waals surface area contributed by atoms with Crippen LogP contribution in [0.1, 0.15) is 28.8 Å². The standard InChI is InChI=1S/C22H23NO2/c1-25-20-14-12-17(13-15-20)16-23-21(18-8-4-2-5-9-18)22(24)19-10-6-3-7-11-19/h2-15,21-24H,16H2,1H3/t21-,22+/m0/s1. The van der Waals surface area contributed by atoms with E-state index in [4.69, 9.17) is 4.74 Å². The highest BCUT2D eigenvalue weighted by molar-refractivity contribution is 5.29. The van der Waals surface area contributed by atoms with E-state index in [0.29, 0.717) is 6.54 Å². The molecule has 3 heteroatoms. The molecule has 0 aliphatic heterocycles. The van der Waals surface area contributed by atoms with Crippen molar-refractivity contribution in [1.82, 2.24) is 5.32 Å². The Kier molecular flexibility index (Phi) is 5.83. The highest BCUT2D eigenvalue weighted by atomic mass is 16.5. The number of hydrogen-bond donors (Lipinski definition) is 2. The first-order chi connectivity index (χ1) is 12.3. The second-order valence-electron chi connectivity index (χ2n) is 5.97. The molecule has 0 radical (unpaired) electrons. The zero-order valence-corrected chi connectivity index (χ0v) is 14.3. The zero-order chi connectivity index (χ0) is 17.5. The van der Waals surface area contributed by atoms with Gasteiger partial charge in [-0.2, -0.15) is 0 Å². The maximum atomic E-state index is 10.9. The Morgan fingerprint density at radius 2 is 1.36 bits per heavy atom. The number of aliphatic hydroxyl groups is 1. The van der Waals surface area contributed by atoms with E-state index in [9.17, 15) is 5.11 Å². The summed E-state index contributed by atoms with van der Waals surface area (Å²) in [5.41, 5.74) is 3.10. The van der Waals surface area contributed by atoms with Crippen LogP contribution >= 0.6 is 0 Å². The van der Waals surface area contributed by atoms with Gasteiger partial charge in [0.2, 0.25) is 0 Å². The fraction of sp³-hybridized carbons (Fsp3) is 0.182. The van der Waals surface area contributed by atoms with Crippen molar-refractivity contribution >= 4 is 0 Å². The molecule has 0 spiro atoms. The first-order valence-electron chi connectivity index (χ1n) is 8.42. The molecule has 0 aliphatic rings. The molecule has 0 fully saturated rings. The Hall–Kier alpha value is -2.62. The minimum Gasteiger partial charge on any atom is -0.497 e. The molecule has 3 aromatic carbocycles. The van der Waals surface area contributed by atoms with E-state index in [-0.39, 0.29) is 6.04 Å². The Morgan fingerprint density at radius 1 is 0.800 bits per heavy atom. The highest BCUT2D eigenvalue weighted by Gasteiger charge is 2.22. The third kappa shape index (κ3) is 4.47. The maximum Gasteiger partial charge on any atom is 0.118 e. The molecule has 3 nitrogen and oxygen atoms in total. The molecule has 0 amide bonds. The SMILES string of the molecule is COc1ccc(CN[C@@H](c2ccccc2)[C@H](O)c2ccccc2)cc1. The molecule has 2 atom stereocenters. The monoisotopic (exact) mass is 333 g/mol. The summed E-state index contributed by atoms with van der Waals surface area (Å²) in [6.45, 7) is 0.660. The third-order valence-corrected chi connectivity index (χ3v) is 4.30. The minimum atomic E-state index is -0.623. The van der Waals surface area contributed by atoms with E-state index in [0.717, 1.165) is 22.4 Å². The summed E-state index contributed by atoms with van der Waals surface area (Å²) in [6, 6.07) is 27.6. The molecule has 0 aromatic heterocycles. The van der Waals surface area contributed by atoms with Crippen LogP contribution in [-0.4, -0.2) is 12.2 Å². The van der Waals surface area contributed by atoms with Crippen molar-refractivity contribution in [3.05, 3.63) is 102 Å². The van der Waals surface area contributed by atoms with Gasteiger partial charge in [0.1, 0.15) is 5.75 Å². The zero-order valence-electron chi connectivity index (χ0n) is 14.3. The summed E-state index contributed by atoms with van der Waals surface area (Å²) in [5, 5.41) is 14.4. The lowest BCUT2D eigenvalue weighted by atomic mass is 9.95. The van der Waals surface area contributed by atoms with E-state index < -0.39 is 6.10 Å². The van der Waals surface area contributed by atoms with Crippen molar-refractivity contribution in [1.29, 1.82) is 0 Å². The predicted molar refractivity (Wildman–Crippen MR) is 100 cm³/mol. The highest BCUT2D eigenvalue weighted by Crippen LogP contribution is 2.29. The van der Waals surface area contributed by atoms with Gasteiger partial charge in [-0.05, 0) is 28.8 Å². The number of ether oxygens (including phenoxy) is 1. The Balaban J connectivity index is 1.79. The lowest BCUT2D eigenvalue weighted by molar-refractivity contribution is 0.127. The van der Waals surface area contributed by atoms with Crippen LogP contribution in [0.5, 0.6) is 5.75 Å². The normalized spacial score (nSPS) is 13.2. The summed E-state index contributed by atoms with van der Waals surface area (Å²) in [6.07, 6.45) is -0.623. The van der Waals surface area contributed by atoms with Crippen LogP contribution < -0.4 is 10.1 Å². The van der Waals surface area contributed by atoms with E-state index in [1.807, 2.05) is 84.9 Å². The van der Waals surface area contributed by atoms with Crippen molar-refractivity contribution in [3.8, 4) is 5.75 Å². The topological polar surface area (TPSA) is 41.5 Å². The van der Waals surface area contributed by atoms with Crippen molar-refractivity contribution in [3.63, 3.8) is 0 Å². The van der Waals surface area contributed by atoms with Gasteiger partial charge in [0.15, 0.2) is 0 Å². The average molecular weight is 333 g/mol. The lowest BCUT2D eigenvalue weighted by Gasteiger charge is -2.25. The fourth-order valence-corrected chi connectivity index (χ4v) is 2.89. The molecule has 3 rings (SSSR count). The second-order valence-corrected chi connectivity index (χ2v) is 5.97. The summed E-state index contributed by atoms with van der Waals surface area (Å²) in [4.78, 5) is 0. The summed E-state index contributed by atoms with van der Waals surface area (Å²) >= 11 is 0. The minimum absolute atomic E-state index is 0.189. The maximum absolute atomic E-state index is 10.9. The van der Waals surface area contributed by atoms with Gasteiger partial charge in [0.25, 0.3) is 0 Å². The first-order valence-corrected chi connectivity index (χ1v) is 8.42. The Bertz CT molecular complexity index is 757. The van der Waals surface area contributed by atoms with E-state index in [2.05, 4.69) is 5.32 Å². The van der Waals surface area contributed by atoms with Gasteiger partial charge in [-0.3, -0.25) is 0 Å². The van der Waals surface area contributed by atoms with Crippen molar-refractivity contribution < 1.29 is 9.84 Å². The molecule has 0 heterocycles. The molecule has 128 valence electrons. The molecule has 2 N–H and O–H groups in total. The number of methoxy groups -OCH3 is 1. The number of rotatable bonds is 7. The summed E-state index contributed by atoms with van der Waals surface area (Å²) < 4.78 is 5.20. The lowest BCUT2D eigenvalue weighted by Crippen LogP contribution is -2.27. The quantitative estimate of drug-likeness (QED) is 0.679. The van der Waals surface area contributed by atoms with E-state index in [1.165, 1.54) is 0 Å². The van der Waals surface area contributed by atoms with E-state index in [1.54, 1.807) is 7.11 Å². The Morgan fingerprint density at radius 3 is 1.92 bits per heavy atom. The second kappa shape index (κ2) is 8.47. The van der Waals surface area contributed by atoms with Crippen LogP contribution in [0, 0.1) is 0 Å². The first kappa shape index (κ1) is 17.2. The van der Waals surface area contributed by atoms with Crippen LogP contribution in [-0.2, 0) is 6.54 Å². The molecule has 0 bridgehead atoms. The van der Waals surface area contributed by atoms with Crippen LogP contribution in [0.15, 0.2) is 84.9 Å². The van der Waals surface area contributed by atoms with Crippen molar-refractivity contribution in [2.24, 2.45) is 0 Å². The van der Waals surface area contributed by atoms with Gasteiger partial charge in [-0.15, -0.1) is 0 Å². The summed E-state index contributed by atoms with van der Waals surface area (Å²) in [7, 11) is 1.66. The Labute approximate surface area is 148 Å². The number of hydrogen-bond acceptors (Lipinski definition) is 3. The molecule has 0 saturated heterocycles. The predicted octanol–water partition coefficient (Wildman–Crippen LogP) is 4.26. The third-order valence-electron chi connectivity index (χ3n) is 4.30. The van der Waals surface area contributed by atoms with Crippen LogP contribution in [0.3, 0.4) is 0 Å². The molecule has 0 aliphatic carbocycles. The van der Waals surface area contributed by atoms with Gasteiger partial charge < -0.3 is 15.2 Å².